The number of amides is 2. The summed E-state index contributed by atoms with van der Waals surface area (Å²) in [6, 6.07) is 10.8. The van der Waals surface area contributed by atoms with Gasteiger partial charge in [-0.05, 0) is 56.7 Å². The highest BCUT2D eigenvalue weighted by Gasteiger charge is 2.07. The Labute approximate surface area is 168 Å². The molecule has 0 aliphatic rings. The Bertz CT molecular complexity index is 969. The number of hydrogen-bond donors (Lipinski definition) is 3. The first-order chi connectivity index (χ1) is 13.4. The lowest BCUT2D eigenvalue weighted by molar-refractivity contribution is 0.252. The number of benzene rings is 1. The van der Waals surface area contributed by atoms with Crippen LogP contribution in [0.2, 0.25) is 5.02 Å². The van der Waals surface area contributed by atoms with Gasteiger partial charge in [0.2, 0.25) is 0 Å². The molecule has 2 heterocycles. The molecule has 0 unspecified atom stereocenters. The van der Waals surface area contributed by atoms with E-state index < -0.39 is 0 Å². The fourth-order valence-electron chi connectivity index (χ4n) is 2.65. The molecule has 3 rings (SSSR count). The van der Waals surface area contributed by atoms with Crippen molar-refractivity contribution < 1.29 is 4.79 Å². The van der Waals surface area contributed by atoms with Crippen LogP contribution in [0, 0.1) is 20.8 Å². The van der Waals surface area contributed by atoms with E-state index in [0.717, 1.165) is 17.0 Å². The van der Waals surface area contributed by atoms with Crippen molar-refractivity contribution in [3.8, 4) is 5.82 Å². The zero-order valence-electron chi connectivity index (χ0n) is 16.0. The van der Waals surface area contributed by atoms with Crippen LogP contribution in [0.25, 0.3) is 5.82 Å². The van der Waals surface area contributed by atoms with E-state index in [9.17, 15) is 4.79 Å². The molecule has 146 valence electrons. The van der Waals surface area contributed by atoms with Crippen molar-refractivity contribution >= 4 is 29.1 Å². The van der Waals surface area contributed by atoms with Crippen molar-refractivity contribution in [2.75, 3.05) is 23.7 Å². The first kappa shape index (κ1) is 19.6. The van der Waals surface area contributed by atoms with Gasteiger partial charge in [0, 0.05) is 18.8 Å². The summed E-state index contributed by atoms with van der Waals surface area (Å²) in [5.41, 5.74) is 3.53. The van der Waals surface area contributed by atoms with Crippen LogP contribution in [-0.4, -0.2) is 39.1 Å². The number of aryl methyl sites for hydroxylation is 3. The van der Waals surface area contributed by atoms with Crippen LogP contribution in [-0.2, 0) is 0 Å². The molecule has 0 atom stereocenters. The van der Waals surface area contributed by atoms with Crippen LogP contribution in [0.3, 0.4) is 0 Å². The summed E-state index contributed by atoms with van der Waals surface area (Å²) in [6.45, 7) is 6.75. The third kappa shape index (κ3) is 4.98. The molecule has 0 saturated heterocycles. The Hall–Kier alpha value is -3.13. The Balaban J connectivity index is 1.45. The second-order valence-corrected chi connectivity index (χ2v) is 6.81. The lowest BCUT2D eigenvalue weighted by Crippen LogP contribution is -2.32. The zero-order chi connectivity index (χ0) is 20.1. The van der Waals surface area contributed by atoms with Crippen LogP contribution in [0.4, 0.5) is 16.3 Å². The van der Waals surface area contributed by atoms with Crippen molar-refractivity contribution in [1.82, 2.24) is 25.3 Å². The van der Waals surface area contributed by atoms with E-state index in [1.54, 1.807) is 16.8 Å². The third-order valence-corrected chi connectivity index (χ3v) is 4.28. The summed E-state index contributed by atoms with van der Waals surface area (Å²) in [6.07, 6.45) is 0. The van der Waals surface area contributed by atoms with Gasteiger partial charge in [-0.1, -0.05) is 17.7 Å². The number of carbonyl (C=O) groups excluding carboxylic acids is 1. The monoisotopic (exact) mass is 399 g/mol. The summed E-state index contributed by atoms with van der Waals surface area (Å²) < 4.78 is 1.74. The molecule has 3 N–H and O–H groups in total. The minimum Gasteiger partial charge on any atom is -0.367 e. The number of anilines is 2. The molecular weight excluding hydrogens is 378 g/mol. The number of urea groups is 1. The third-order valence-electron chi connectivity index (χ3n) is 3.97. The molecule has 0 bridgehead atoms. The van der Waals surface area contributed by atoms with E-state index >= 15 is 0 Å². The molecular formula is C19H22ClN7O. The average molecular weight is 400 g/mol. The number of nitrogens with zero attached hydrogens (tertiary/aromatic N) is 4. The van der Waals surface area contributed by atoms with Gasteiger partial charge in [-0.15, -0.1) is 10.2 Å². The Morgan fingerprint density at radius 1 is 1.07 bits per heavy atom. The molecule has 0 fully saturated rings. The summed E-state index contributed by atoms with van der Waals surface area (Å²) >= 11 is 6.11. The lowest BCUT2D eigenvalue weighted by atomic mass is 10.2. The average Bonchev–Trinajstić information content (AvgIpc) is 3.00. The molecule has 2 aromatic heterocycles. The molecule has 0 saturated carbocycles. The van der Waals surface area contributed by atoms with Gasteiger partial charge < -0.3 is 16.0 Å². The minimum absolute atomic E-state index is 0.321. The van der Waals surface area contributed by atoms with Crippen LogP contribution in [0.5, 0.6) is 0 Å². The van der Waals surface area contributed by atoms with Gasteiger partial charge in [-0.2, -0.15) is 5.10 Å². The van der Waals surface area contributed by atoms with Crippen LogP contribution >= 0.6 is 11.6 Å². The summed E-state index contributed by atoms with van der Waals surface area (Å²) in [5, 5.41) is 21.8. The van der Waals surface area contributed by atoms with Crippen LogP contribution < -0.4 is 16.0 Å². The Morgan fingerprint density at radius 2 is 1.89 bits per heavy atom. The SMILES string of the molecule is Cc1ccc(NC(=O)NCCNc2ccc(-n3nc(C)cc3C)nn2)c(Cl)c1. The maximum atomic E-state index is 12.0. The van der Waals surface area contributed by atoms with Crippen LogP contribution in [0.15, 0.2) is 36.4 Å². The molecule has 1 aromatic carbocycles. The van der Waals surface area contributed by atoms with E-state index in [2.05, 4.69) is 31.2 Å². The molecule has 0 aliphatic carbocycles. The maximum absolute atomic E-state index is 12.0. The molecule has 0 radical (unpaired) electrons. The van der Waals surface area contributed by atoms with Gasteiger partial charge >= 0.3 is 6.03 Å². The predicted octanol–water partition coefficient (Wildman–Crippen LogP) is 3.47. The summed E-state index contributed by atoms with van der Waals surface area (Å²) in [5.74, 6) is 1.28. The fraction of sp³-hybridized carbons (Fsp3) is 0.263. The van der Waals surface area contributed by atoms with Gasteiger partial charge in [0.25, 0.3) is 0 Å². The molecule has 28 heavy (non-hydrogen) atoms. The number of nitrogens with one attached hydrogen (secondary N) is 3. The highest BCUT2D eigenvalue weighted by atomic mass is 35.5. The molecule has 0 spiro atoms. The van der Waals surface area contributed by atoms with Crippen LogP contribution in [0.1, 0.15) is 17.0 Å². The standard InChI is InChI=1S/C19H22ClN7O/c1-12-4-5-16(15(20)10-12)23-19(28)22-9-8-21-17-6-7-18(25-24-17)27-14(3)11-13(2)26-27/h4-7,10-11H,8-9H2,1-3H3,(H,21,24)(H2,22,23,28). The molecule has 8 nitrogen and oxygen atoms in total. The van der Waals surface area contributed by atoms with E-state index in [4.69, 9.17) is 11.6 Å². The highest BCUT2D eigenvalue weighted by Crippen LogP contribution is 2.22. The number of carbonyl (C=O) groups is 1. The normalized spacial score (nSPS) is 10.6. The van der Waals surface area contributed by atoms with Gasteiger partial charge in [0.15, 0.2) is 5.82 Å². The largest absolute Gasteiger partial charge is 0.367 e. The Morgan fingerprint density at radius 3 is 2.54 bits per heavy atom. The quantitative estimate of drug-likeness (QED) is 0.551. The maximum Gasteiger partial charge on any atom is 0.319 e. The summed E-state index contributed by atoms with van der Waals surface area (Å²) in [7, 11) is 0. The predicted molar refractivity (Wildman–Crippen MR) is 110 cm³/mol. The molecule has 0 aliphatic heterocycles. The van der Waals surface area contributed by atoms with Crippen molar-refractivity contribution in [2.45, 2.75) is 20.8 Å². The second kappa shape index (κ2) is 8.71. The number of aromatic nitrogens is 4. The van der Waals surface area contributed by atoms with Gasteiger partial charge in [-0.25, -0.2) is 9.48 Å². The zero-order valence-corrected chi connectivity index (χ0v) is 16.7. The van der Waals surface area contributed by atoms with Gasteiger partial charge in [0.1, 0.15) is 5.82 Å². The molecule has 9 heteroatoms. The van der Waals surface area contributed by atoms with Crippen molar-refractivity contribution in [3.63, 3.8) is 0 Å². The number of hydrogen-bond acceptors (Lipinski definition) is 5. The van der Waals surface area contributed by atoms with Crippen molar-refractivity contribution in [3.05, 3.63) is 58.4 Å². The smallest absolute Gasteiger partial charge is 0.319 e. The van der Waals surface area contributed by atoms with E-state index in [1.165, 1.54) is 0 Å². The molecule has 3 aromatic rings. The first-order valence-corrected chi connectivity index (χ1v) is 9.22. The Kier molecular flexibility index (Phi) is 6.10. The van der Waals surface area contributed by atoms with E-state index in [-0.39, 0.29) is 6.03 Å². The second-order valence-electron chi connectivity index (χ2n) is 6.41. The van der Waals surface area contributed by atoms with Crippen molar-refractivity contribution in [1.29, 1.82) is 0 Å². The fourth-order valence-corrected chi connectivity index (χ4v) is 2.93. The summed E-state index contributed by atoms with van der Waals surface area (Å²) in [4.78, 5) is 12.0. The lowest BCUT2D eigenvalue weighted by Gasteiger charge is -2.10. The topological polar surface area (TPSA) is 96.8 Å². The van der Waals surface area contributed by atoms with Gasteiger partial charge in [0.05, 0.1) is 16.4 Å². The van der Waals surface area contributed by atoms with E-state index in [0.29, 0.717) is 35.4 Å². The first-order valence-electron chi connectivity index (χ1n) is 8.84. The number of rotatable bonds is 6. The van der Waals surface area contributed by atoms with Gasteiger partial charge in [-0.3, -0.25) is 0 Å². The minimum atomic E-state index is -0.321. The number of halogens is 1. The molecule has 2 amide bonds. The van der Waals surface area contributed by atoms with E-state index in [1.807, 2.05) is 45.0 Å². The highest BCUT2D eigenvalue weighted by molar-refractivity contribution is 6.33. The van der Waals surface area contributed by atoms with Crippen molar-refractivity contribution in [2.24, 2.45) is 0 Å².